The fourth-order valence-electron chi connectivity index (χ4n) is 1.68. The van der Waals surface area contributed by atoms with Gasteiger partial charge in [-0.2, -0.15) is 0 Å². The Morgan fingerprint density at radius 2 is 1.93 bits per heavy atom. The maximum atomic E-state index is 9.12. The second-order valence-corrected chi connectivity index (χ2v) is 5.44. The van der Waals surface area contributed by atoms with Crippen LogP contribution in [0.3, 0.4) is 0 Å². The van der Waals surface area contributed by atoms with Crippen molar-refractivity contribution in [3.8, 4) is 0 Å². The van der Waals surface area contributed by atoms with E-state index < -0.39 is 0 Å². The highest BCUT2D eigenvalue weighted by molar-refractivity contribution is 4.71. The van der Waals surface area contributed by atoms with E-state index in [-0.39, 0.29) is 6.10 Å². The molecule has 0 aromatic heterocycles. The smallest absolute Gasteiger partial charge is 0.0524 e. The molecule has 2 heteroatoms. The number of rotatable bonds is 9. The van der Waals surface area contributed by atoms with Crippen LogP contribution in [0.4, 0.5) is 0 Å². The molecule has 2 N–H and O–H groups in total. The van der Waals surface area contributed by atoms with Crippen LogP contribution in [0.2, 0.25) is 0 Å². The molecule has 0 heterocycles. The lowest BCUT2D eigenvalue weighted by Gasteiger charge is -2.25. The maximum Gasteiger partial charge on any atom is 0.0524 e. The van der Waals surface area contributed by atoms with Crippen LogP contribution in [0.15, 0.2) is 0 Å². The monoisotopic (exact) mass is 215 g/mol. The SMILES string of the molecule is CCCCCC(C)(C)CNCCC(C)O. The lowest BCUT2D eigenvalue weighted by molar-refractivity contribution is 0.181. The molecule has 0 saturated carbocycles. The largest absolute Gasteiger partial charge is 0.393 e. The number of aliphatic hydroxyl groups excluding tert-OH is 1. The Hall–Kier alpha value is -0.0800. The summed E-state index contributed by atoms with van der Waals surface area (Å²) in [6.45, 7) is 10.7. The van der Waals surface area contributed by atoms with Crippen molar-refractivity contribution in [1.82, 2.24) is 5.32 Å². The quantitative estimate of drug-likeness (QED) is 0.580. The molecule has 0 spiro atoms. The number of hydrogen-bond acceptors (Lipinski definition) is 2. The zero-order valence-electron chi connectivity index (χ0n) is 11.0. The third-order valence-electron chi connectivity index (χ3n) is 2.80. The molecule has 15 heavy (non-hydrogen) atoms. The zero-order chi connectivity index (χ0) is 11.7. The van der Waals surface area contributed by atoms with E-state index in [1.54, 1.807) is 0 Å². The number of unbranched alkanes of at least 4 members (excludes halogenated alkanes) is 2. The van der Waals surface area contributed by atoms with Gasteiger partial charge in [-0.05, 0) is 31.7 Å². The van der Waals surface area contributed by atoms with Gasteiger partial charge >= 0.3 is 0 Å². The fraction of sp³-hybridized carbons (Fsp3) is 1.00. The summed E-state index contributed by atoms with van der Waals surface area (Å²) in [5, 5.41) is 12.5. The van der Waals surface area contributed by atoms with E-state index in [2.05, 4.69) is 26.1 Å². The van der Waals surface area contributed by atoms with Crippen LogP contribution in [0.5, 0.6) is 0 Å². The van der Waals surface area contributed by atoms with Gasteiger partial charge in [-0.25, -0.2) is 0 Å². The highest BCUT2D eigenvalue weighted by atomic mass is 16.3. The second kappa shape index (κ2) is 8.12. The predicted octanol–water partition coefficient (Wildman–Crippen LogP) is 2.95. The van der Waals surface area contributed by atoms with Crippen molar-refractivity contribution in [1.29, 1.82) is 0 Å². The van der Waals surface area contributed by atoms with Crippen LogP contribution in [-0.2, 0) is 0 Å². The molecule has 0 fully saturated rings. The standard InChI is InChI=1S/C13H29NO/c1-5-6-7-9-13(3,4)11-14-10-8-12(2)15/h12,14-15H,5-11H2,1-4H3. The van der Waals surface area contributed by atoms with Gasteiger partial charge in [0.1, 0.15) is 0 Å². The number of hydrogen-bond donors (Lipinski definition) is 2. The molecule has 0 amide bonds. The second-order valence-electron chi connectivity index (χ2n) is 5.44. The third-order valence-corrected chi connectivity index (χ3v) is 2.80. The van der Waals surface area contributed by atoms with Crippen molar-refractivity contribution in [3.63, 3.8) is 0 Å². The molecule has 0 aliphatic carbocycles. The van der Waals surface area contributed by atoms with Crippen molar-refractivity contribution >= 4 is 0 Å². The highest BCUT2D eigenvalue weighted by Gasteiger charge is 2.16. The minimum Gasteiger partial charge on any atom is -0.393 e. The average Bonchev–Trinajstić information content (AvgIpc) is 2.13. The van der Waals surface area contributed by atoms with Crippen LogP contribution < -0.4 is 5.32 Å². The molecule has 0 radical (unpaired) electrons. The van der Waals surface area contributed by atoms with Gasteiger partial charge in [0.2, 0.25) is 0 Å². The van der Waals surface area contributed by atoms with Gasteiger partial charge in [-0.15, -0.1) is 0 Å². The van der Waals surface area contributed by atoms with E-state index in [4.69, 9.17) is 5.11 Å². The van der Waals surface area contributed by atoms with Crippen LogP contribution >= 0.6 is 0 Å². The summed E-state index contributed by atoms with van der Waals surface area (Å²) >= 11 is 0. The van der Waals surface area contributed by atoms with Gasteiger partial charge in [-0.3, -0.25) is 0 Å². The Bertz CT molecular complexity index is 143. The third kappa shape index (κ3) is 10.2. The first kappa shape index (κ1) is 14.9. The molecular formula is C13H29NO. The lowest BCUT2D eigenvalue weighted by Crippen LogP contribution is -2.31. The molecular weight excluding hydrogens is 186 g/mol. The molecule has 92 valence electrons. The molecule has 1 unspecified atom stereocenters. The summed E-state index contributed by atoms with van der Waals surface area (Å²) in [6.07, 6.45) is 5.94. The topological polar surface area (TPSA) is 32.3 Å². The molecule has 0 rings (SSSR count). The minimum absolute atomic E-state index is 0.180. The highest BCUT2D eigenvalue weighted by Crippen LogP contribution is 2.22. The van der Waals surface area contributed by atoms with E-state index in [1.165, 1.54) is 25.7 Å². The Balaban J connectivity index is 3.46. The van der Waals surface area contributed by atoms with Gasteiger partial charge in [0.15, 0.2) is 0 Å². The summed E-state index contributed by atoms with van der Waals surface area (Å²) in [5.74, 6) is 0. The molecule has 0 aromatic rings. The van der Waals surface area contributed by atoms with E-state index in [0.29, 0.717) is 5.41 Å². The van der Waals surface area contributed by atoms with Crippen LogP contribution in [0.25, 0.3) is 0 Å². The summed E-state index contributed by atoms with van der Waals surface area (Å²) in [4.78, 5) is 0. The predicted molar refractivity (Wildman–Crippen MR) is 67.1 cm³/mol. The van der Waals surface area contributed by atoms with Gasteiger partial charge in [0, 0.05) is 6.54 Å². The Morgan fingerprint density at radius 3 is 2.47 bits per heavy atom. The Labute approximate surface area is 95.5 Å². The summed E-state index contributed by atoms with van der Waals surface area (Å²) < 4.78 is 0. The summed E-state index contributed by atoms with van der Waals surface area (Å²) in [6, 6.07) is 0. The summed E-state index contributed by atoms with van der Waals surface area (Å²) in [5.41, 5.74) is 0.397. The molecule has 0 aliphatic rings. The van der Waals surface area contributed by atoms with Crippen LogP contribution in [0, 0.1) is 5.41 Å². The van der Waals surface area contributed by atoms with Crippen molar-refractivity contribution in [3.05, 3.63) is 0 Å². The first-order valence-corrected chi connectivity index (χ1v) is 6.37. The van der Waals surface area contributed by atoms with Gasteiger partial charge in [0.05, 0.1) is 6.10 Å². The van der Waals surface area contributed by atoms with Gasteiger partial charge < -0.3 is 10.4 Å². The molecule has 2 nitrogen and oxygen atoms in total. The molecule has 0 aromatic carbocycles. The number of nitrogens with one attached hydrogen (secondary N) is 1. The van der Waals surface area contributed by atoms with E-state index in [0.717, 1.165) is 19.5 Å². The van der Waals surface area contributed by atoms with E-state index in [9.17, 15) is 0 Å². The lowest BCUT2D eigenvalue weighted by atomic mass is 9.87. The first-order valence-electron chi connectivity index (χ1n) is 6.37. The fourth-order valence-corrected chi connectivity index (χ4v) is 1.68. The maximum absolute atomic E-state index is 9.12. The van der Waals surface area contributed by atoms with Crippen LogP contribution in [0.1, 0.15) is 59.8 Å². The van der Waals surface area contributed by atoms with Gasteiger partial charge in [-0.1, -0.05) is 40.0 Å². The Morgan fingerprint density at radius 1 is 1.27 bits per heavy atom. The Kier molecular flexibility index (Phi) is 8.07. The van der Waals surface area contributed by atoms with Crippen molar-refractivity contribution in [2.75, 3.05) is 13.1 Å². The van der Waals surface area contributed by atoms with Crippen molar-refractivity contribution in [2.45, 2.75) is 65.9 Å². The molecule has 0 saturated heterocycles. The molecule has 0 bridgehead atoms. The van der Waals surface area contributed by atoms with Crippen molar-refractivity contribution in [2.24, 2.45) is 5.41 Å². The molecule has 0 aliphatic heterocycles. The molecule has 1 atom stereocenters. The van der Waals surface area contributed by atoms with Gasteiger partial charge in [0.25, 0.3) is 0 Å². The normalized spacial score (nSPS) is 14.2. The average molecular weight is 215 g/mol. The minimum atomic E-state index is -0.180. The number of aliphatic hydroxyl groups is 1. The van der Waals surface area contributed by atoms with E-state index in [1.807, 2.05) is 6.92 Å². The summed E-state index contributed by atoms with van der Waals surface area (Å²) in [7, 11) is 0. The van der Waals surface area contributed by atoms with E-state index >= 15 is 0 Å². The van der Waals surface area contributed by atoms with Crippen LogP contribution in [-0.4, -0.2) is 24.3 Å². The first-order chi connectivity index (χ1) is 6.98. The zero-order valence-corrected chi connectivity index (χ0v) is 11.0. The van der Waals surface area contributed by atoms with Crippen molar-refractivity contribution < 1.29 is 5.11 Å².